The Bertz CT molecular complexity index is 1060. The van der Waals surface area contributed by atoms with Crippen molar-refractivity contribution >= 4 is 51.3 Å². The second-order valence-corrected chi connectivity index (χ2v) is 9.81. The minimum Gasteiger partial charge on any atom is -0.462 e. The molecule has 0 atom stereocenters. The Morgan fingerprint density at radius 3 is 2.90 bits per heavy atom. The van der Waals surface area contributed by atoms with Crippen molar-refractivity contribution in [2.75, 3.05) is 17.7 Å². The summed E-state index contributed by atoms with van der Waals surface area (Å²) >= 11 is 4.42. The minimum atomic E-state index is -0.353. The van der Waals surface area contributed by atoms with Gasteiger partial charge in [0.2, 0.25) is 5.91 Å². The summed E-state index contributed by atoms with van der Waals surface area (Å²) in [4.78, 5) is 27.4. The number of aromatic nitrogens is 3. The maximum atomic E-state index is 12.6. The lowest BCUT2D eigenvalue weighted by Gasteiger charge is -2.12. The Morgan fingerprint density at radius 2 is 2.13 bits per heavy atom. The first-order valence-electron chi connectivity index (χ1n) is 9.76. The number of thiophene rings is 2. The van der Waals surface area contributed by atoms with E-state index in [2.05, 4.69) is 15.5 Å². The molecule has 7 nitrogen and oxygen atoms in total. The number of rotatable bonds is 7. The monoisotopic (exact) mass is 462 g/mol. The lowest BCUT2D eigenvalue weighted by molar-refractivity contribution is -0.113. The van der Waals surface area contributed by atoms with Crippen LogP contribution in [0.4, 0.5) is 5.00 Å². The van der Waals surface area contributed by atoms with Crippen LogP contribution < -0.4 is 5.32 Å². The van der Waals surface area contributed by atoms with Crippen LogP contribution in [0.15, 0.2) is 22.7 Å². The van der Waals surface area contributed by atoms with Gasteiger partial charge in [-0.2, -0.15) is 0 Å². The van der Waals surface area contributed by atoms with Crippen LogP contribution in [0.5, 0.6) is 0 Å². The number of fused-ring (bicyclic) bond motifs is 1. The highest BCUT2D eigenvalue weighted by atomic mass is 32.2. The molecule has 0 aromatic carbocycles. The molecule has 0 spiro atoms. The zero-order chi connectivity index (χ0) is 21.1. The van der Waals surface area contributed by atoms with Crippen LogP contribution >= 0.6 is 34.4 Å². The third-order valence-corrected chi connectivity index (χ3v) is 7.91. The van der Waals surface area contributed by atoms with E-state index in [1.54, 1.807) is 18.3 Å². The van der Waals surface area contributed by atoms with Crippen molar-refractivity contribution in [2.45, 2.75) is 37.8 Å². The standard InChI is InChI=1S/C20H22N4O3S3/c1-3-27-19(26)16-12-7-4-5-8-13(12)30-18(16)21-15(25)11-29-20-23-22-17(24(20)2)14-9-6-10-28-14/h6,9-10H,3-5,7-8,11H2,1-2H3,(H,21,25). The van der Waals surface area contributed by atoms with Crippen molar-refractivity contribution < 1.29 is 14.3 Å². The Hall–Kier alpha value is -2.17. The van der Waals surface area contributed by atoms with Crippen molar-refractivity contribution in [3.63, 3.8) is 0 Å². The van der Waals surface area contributed by atoms with Crippen LogP contribution in [-0.2, 0) is 29.4 Å². The summed E-state index contributed by atoms with van der Waals surface area (Å²) in [6, 6.07) is 3.96. The lowest BCUT2D eigenvalue weighted by atomic mass is 9.95. The van der Waals surface area contributed by atoms with Crippen LogP contribution in [0.25, 0.3) is 10.7 Å². The highest BCUT2D eigenvalue weighted by Crippen LogP contribution is 2.38. The Morgan fingerprint density at radius 1 is 1.30 bits per heavy atom. The zero-order valence-electron chi connectivity index (χ0n) is 16.8. The van der Waals surface area contributed by atoms with Crippen molar-refractivity contribution in [2.24, 2.45) is 7.05 Å². The molecular formula is C20H22N4O3S3. The molecule has 0 fully saturated rings. The maximum Gasteiger partial charge on any atom is 0.341 e. The number of esters is 1. The summed E-state index contributed by atoms with van der Waals surface area (Å²) in [5.74, 6) is 0.434. The van der Waals surface area contributed by atoms with Crippen LogP contribution in [0.3, 0.4) is 0 Å². The van der Waals surface area contributed by atoms with Gasteiger partial charge in [0.1, 0.15) is 5.00 Å². The van der Waals surface area contributed by atoms with Gasteiger partial charge in [0.25, 0.3) is 0 Å². The number of carbonyl (C=O) groups is 2. The summed E-state index contributed by atoms with van der Waals surface area (Å²) in [5, 5.41) is 14.6. The molecule has 0 bridgehead atoms. The fourth-order valence-corrected chi connectivity index (χ4v) is 6.18. The van der Waals surface area contributed by atoms with Crippen LogP contribution in [0.1, 0.15) is 40.6 Å². The molecule has 1 aliphatic carbocycles. The average Bonchev–Trinajstić information content (AvgIpc) is 3.45. The highest BCUT2D eigenvalue weighted by molar-refractivity contribution is 7.99. The van der Waals surface area contributed by atoms with E-state index < -0.39 is 0 Å². The van der Waals surface area contributed by atoms with Gasteiger partial charge in [-0.3, -0.25) is 4.79 Å². The first-order chi connectivity index (χ1) is 14.6. The molecule has 4 rings (SSSR count). The van der Waals surface area contributed by atoms with Gasteiger partial charge in [-0.1, -0.05) is 17.8 Å². The van der Waals surface area contributed by atoms with Crippen LogP contribution in [0.2, 0.25) is 0 Å². The number of aryl methyl sites for hydroxylation is 1. The molecular weight excluding hydrogens is 440 g/mol. The van der Waals surface area contributed by atoms with E-state index in [9.17, 15) is 9.59 Å². The maximum absolute atomic E-state index is 12.6. The van der Waals surface area contributed by atoms with E-state index in [1.165, 1.54) is 28.0 Å². The van der Waals surface area contributed by atoms with E-state index in [0.717, 1.165) is 41.9 Å². The molecule has 1 aliphatic rings. The molecule has 30 heavy (non-hydrogen) atoms. The number of thioether (sulfide) groups is 1. The summed E-state index contributed by atoms with van der Waals surface area (Å²) in [7, 11) is 1.89. The second-order valence-electron chi connectivity index (χ2n) is 6.81. The number of amides is 1. The largest absolute Gasteiger partial charge is 0.462 e. The number of hydrogen-bond acceptors (Lipinski definition) is 8. The van der Waals surface area contributed by atoms with Crippen LogP contribution in [-0.4, -0.2) is 39.0 Å². The fraction of sp³-hybridized carbons (Fsp3) is 0.400. The quantitative estimate of drug-likeness (QED) is 0.414. The van der Waals surface area contributed by atoms with Crippen molar-refractivity contribution in [1.82, 2.24) is 14.8 Å². The normalized spacial score (nSPS) is 13.1. The van der Waals surface area contributed by atoms with Gasteiger partial charge in [0.15, 0.2) is 11.0 Å². The summed E-state index contributed by atoms with van der Waals surface area (Å²) in [6.07, 6.45) is 3.96. The summed E-state index contributed by atoms with van der Waals surface area (Å²) < 4.78 is 7.13. The zero-order valence-corrected chi connectivity index (χ0v) is 19.2. The predicted molar refractivity (Wildman–Crippen MR) is 121 cm³/mol. The predicted octanol–water partition coefficient (Wildman–Crippen LogP) is 4.39. The number of hydrogen-bond donors (Lipinski definition) is 1. The molecule has 1 N–H and O–H groups in total. The molecule has 0 radical (unpaired) electrons. The molecule has 0 aliphatic heterocycles. The second kappa shape index (κ2) is 9.32. The molecule has 3 aromatic heterocycles. The molecule has 10 heteroatoms. The third kappa shape index (κ3) is 4.30. The summed E-state index contributed by atoms with van der Waals surface area (Å²) in [5.41, 5.74) is 1.58. The fourth-order valence-electron chi connectivity index (χ4n) is 3.43. The van der Waals surface area contributed by atoms with Crippen LogP contribution in [0, 0.1) is 0 Å². The van der Waals surface area contributed by atoms with Crippen molar-refractivity contribution in [1.29, 1.82) is 0 Å². The van der Waals surface area contributed by atoms with Gasteiger partial charge in [-0.25, -0.2) is 4.79 Å². The number of anilines is 1. The topological polar surface area (TPSA) is 86.1 Å². The minimum absolute atomic E-state index is 0.176. The molecule has 3 heterocycles. The SMILES string of the molecule is CCOC(=O)c1c(NC(=O)CSc2nnc(-c3cccs3)n2C)sc2c1CCCC2. The lowest BCUT2D eigenvalue weighted by Crippen LogP contribution is -2.17. The Balaban J connectivity index is 1.46. The number of ether oxygens (including phenoxy) is 1. The van der Waals surface area contributed by atoms with E-state index >= 15 is 0 Å². The first kappa shape index (κ1) is 21.1. The molecule has 0 unspecified atom stereocenters. The average molecular weight is 463 g/mol. The Labute approximate surface area is 186 Å². The molecule has 0 saturated heterocycles. The number of nitrogens with zero attached hydrogens (tertiary/aromatic N) is 3. The van der Waals surface area contributed by atoms with Gasteiger partial charge in [-0.15, -0.1) is 32.9 Å². The number of carbonyl (C=O) groups excluding carboxylic acids is 2. The highest BCUT2D eigenvalue weighted by Gasteiger charge is 2.27. The summed E-state index contributed by atoms with van der Waals surface area (Å²) in [6.45, 7) is 2.10. The Kier molecular flexibility index (Phi) is 6.55. The van der Waals surface area contributed by atoms with E-state index in [4.69, 9.17) is 4.74 Å². The first-order valence-corrected chi connectivity index (χ1v) is 12.4. The number of nitrogens with one attached hydrogen (secondary N) is 1. The molecule has 3 aromatic rings. The van der Waals surface area contributed by atoms with Gasteiger partial charge in [0.05, 0.1) is 22.8 Å². The van der Waals surface area contributed by atoms with Gasteiger partial charge in [0, 0.05) is 11.9 Å². The third-order valence-electron chi connectivity index (χ3n) is 4.81. The van der Waals surface area contributed by atoms with Crippen molar-refractivity contribution in [3.05, 3.63) is 33.5 Å². The molecule has 0 saturated carbocycles. The van der Waals surface area contributed by atoms with Crippen molar-refractivity contribution in [3.8, 4) is 10.7 Å². The van der Waals surface area contributed by atoms with E-state index in [0.29, 0.717) is 22.3 Å². The molecule has 1 amide bonds. The van der Waals surface area contributed by atoms with Gasteiger partial charge < -0.3 is 14.6 Å². The van der Waals surface area contributed by atoms with E-state index in [-0.39, 0.29) is 17.6 Å². The molecule has 158 valence electrons. The van der Waals surface area contributed by atoms with E-state index in [1.807, 2.05) is 29.1 Å². The van der Waals surface area contributed by atoms with Gasteiger partial charge in [-0.05, 0) is 49.6 Å². The van der Waals surface area contributed by atoms with Gasteiger partial charge >= 0.3 is 5.97 Å². The smallest absolute Gasteiger partial charge is 0.341 e.